The average molecular weight is 365 g/mol. The van der Waals surface area contributed by atoms with Crippen LogP contribution in [-0.4, -0.2) is 18.4 Å². The summed E-state index contributed by atoms with van der Waals surface area (Å²) in [6.07, 6.45) is 0.591. The van der Waals surface area contributed by atoms with E-state index >= 15 is 0 Å². The molecule has 1 aliphatic heterocycles. The van der Waals surface area contributed by atoms with E-state index in [-0.39, 0.29) is 16.8 Å². The summed E-state index contributed by atoms with van der Waals surface area (Å²) in [6, 6.07) is 11.9. The first-order valence-corrected chi connectivity index (χ1v) is 8.09. The van der Waals surface area contributed by atoms with E-state index in [1.807, 2.05) is 24.3 Å². The lowest BCUT2D eigenvalue weighted by molar-refractivity contribution is -0.136. The Kier molecular flexibility index (Phi) is 4.92. The molecule has 0 fully saturated rings. The van der Waals surface area contributed by atoms with E-state index in [2.05, 4.69) is 10.6 Å². The number of halogens is 2. The van der Waals surface area contributed by atoms with Crippen LogP contribution in [0.25, 0.3) is 0 Å². The standard InChI is InChI=1S/C17H14Cl2N2O3/c18-11-5-3-6-13(15(11)19)21-17(23)16(22)20-12-8-9-24-14-7-2-1-4-10(12)14/h1-7,12H,8-9H2,(H,20,22)(H,21,23). The fourth-order valence-corrected chi connectivity index (χ4v) is 2.84. The van der Waals surface area contributed by atoms with Gasteiger partial charge in [-0.2, -0.15) is 0 Å². The number of carbonyl (C=O) groups is 2. The van der Waals surface area contributed by atoms with Gasteiger partial charge >= 0.3 is 11.8 Å². The maximum atomic E-state index is 12.2. The zero-order valence-electron chi connectivity index (χ0n) is 12.5. The van der Waals surface area contributed by atoms with Gasteiger partial charge in [0.15, 0.2) is 0 Å². The van der Waals surface area contributed by atoms with E-state index < -0.39 is 11.8 Å². The fraction of sp³-hybridized carbons (Fsp3) is 0.176. The molecule has 3 rings (SSSR count). The van der Waals surface area contributed by atoms with Gasteiger partial charge in [0, 0.05) is 12.0 Å². The highest BCUT2D eigenvalue weighted by Crippen LogP contribution is 2.32. The number of anilines is 1. The predicted octanol–water partition coefficient (Wildman–Crippen LogP) is 3.57. The minimum atomic E-state index is -0.803. The number of rotatable bonds is 2. The summed E-state index contributed by atoms with van der Waals surface area (Å²) in [5.74, 6) is -0.830. The number of carbonyl (C=O) groups excluding carboxylic acids is 2. The van der Waals surface area contributed by atoms with Crippen molar-refractivity contribution in [2.45, 2.75) is 12.5 Å². The van der Waals surface area contributed by atoms with E-state index in [1.54, 1.807) is 18.2 Å². The molecule has 1 unspecified atom stereocenters. The zero-order chi connectivity index (χ0) is 17.1. The Bertz CT molecular complexity index is 795. The molecule has 1 heterocycles. The molecule has 2 aromatic carbocycles. The van der Waals surface area contributed by atoms with Gasteiger partial charge in [0.2, 0.25) is 0 Å². The van der Waals surface area contributed by atoms with Crippen molar-refractivity contribution in [1.29, 1.82) is 0 Å². The molecule has 2 amide bonds. The molecule has 0 bridgehead atoms. The van der Waals surface area contributed by atoms with Crippen molar-refractivity contribution in [2.75, 3.05) is 11.9 Å². The Balaban J connectivity index is 1.69. The number of nitrogens with one attached hydrogen (secondary N) is 2. The fourth-order valence-electron chi connectivity index (χ4n) is 2.50. The molecular formula is C17H14Cl2N2O3. The lowest BCUT2D eigenvalue weighted by Gasteiger charge is -2.26. The molecule has 124 valence electrons. The van der Waals surface area contributed by atoms with Crippen LogP contribution in [-0.2, 0) is 9.59 Å². The minimum absolute atomic E-state index is 0.191. The zero-order valence-corrected chi connectivity index (χ0v) is 14.0. The van der Waals surface area contributed by atoms with Crippen LogP contribution in [0.1, 0.15) is 18.0 Å². The summed E-state index contributed by atoms with van der Waals surface area (Å²) >= 11 is 11.9. The van der Waals surface area contributed by atoms with E-state index in [9.17, 15) is 9.59 Å². The van der Waals surface area contributed by atoms with Crippen molar-refractivity contribution in [2.24, 2.45) is 0 Å². The maximum Gasteiger partial charge on any atom is 0.313 e. The Hall–Kier alpha value is -2.24. The molecule has 0 aliphatic carbocycles. The first-order chi connectivity index (χ1) is 11.6. The lowest BCUT2D eigenvalue weighted by Crippen LogP contribution is -2.39. The number of hydrogen-bond donors (Lipinski definition) is 2. The molecular weight excluding hydrogens is 351 g/mol. The van der Waals surface area contributed by atoms with Gasteiger partial charge in [-0.05, 0) is 18.2 Å². The third-order valence-corrected chi connectivity index (χ3v) is 4.49. The van der Waals surface area contributed by atoms with Crippen LogP contribution in [0.2, 0.25) is 10.0 Å². The molecule has 0 saturated carbocycles. The lowest BCUT2D eigenvalue weighted by atomic mass is 10.0. The normalized spacial score (nSPS) is 15.8. The summed E-state index contributed by atoms with van der Waals surface area (Å²) < 4.78 is 5.54. The van der Waals surface area contributed by atoms with Crippen LogP contribution in [0.4, 0.5) is 5.69 Å². The third kappa shape index (κ3) is 3.47. The molecule has 0 radical (unpaired) electrons. The van der Waals surface area contributed by atoms with Crippen LogP contribution in [0, 0.1) is 0 Å². The molecule has 0 aromatic heterocycles. The summed E-state index contributed by atoms with van der Waals surface area (Å²) in [7, 11) is 0. The van der Waals surface area contributed by atoms with Gasteiger partial charge in [-0.25, -0.2) is 0 Å². The van der Waals surface area contributed by atoms with Gasteiger partial charge in [0.1, 0.15) is 5.75 Å². The van der Waals surface area contributed by atoms with Gasteiger partial charge in [-0.3, -0.25) is 9.59 Å². The second-order valence-electron chi connectivity index (χ2n) is 5.26. The third-order valence-electron chi connectivity index (χ3n) is 3.67. The predicted molar refractivity (Wildman–Crippen MR) is 92.5 cm³/mol. The largest absolute Gasteiger partial charge is 0.493 e. The molecule has 1 aliphatic rings. The van der Waals surface area contributed by atoms with Gasteiger partial charge in [0.05, 0.1) is 28.4 Å². The number of hydrogen-bond acceptors (Lipinski definition) is 3. The molecule has 2 N–H and O–H groups in total. The van der Waals surface area contributed by atoms with Crippen LogP contribution in [0.5, 0.6) is 5.75 Å². The molecule has 1 atom stereocenters. The van der Waals surface area contributed by atoms with Crippen molar-refractivity contribution >= 4 is 40.7 Å². The van der Waals surface area contributed by atoms with Gasteiger partial charge in [0.25, 0.3) is 0 Å². The molecule has 7 heteroatoms. The van der Waals surface area contributed by atoms with Gasteiger partial charge in [-0.15, -0.1) is 0 Å². The van der Waals surface area contributed by atoms with Gasteiger partial charge in [-0.1, -0.05) is 47.5 Å². The number of fused-ring (bicyclic) bond motifs is 1. The Morgan fingerprint density at radius 2 is 1.83 bits per heavy atom. The molecule has 0 saturated heterocycles. The van der Waals surface area contributed by atoms with E-state index in [1.165, 1.54) is 0 Å². The van der Waals surface area contributed by atoms with Crippen LogP contribution < -0.4 is 15.4 Å². The smallest absolute Gasteiger partial charge is 0.313 e. The Labute approximate surface area is 148 Å². The highest BCUT2D eigenvalue weighted by Gasteiger charge is 2.25. The van der Waals surface area contributed by atoms with Crippen LogP contribution >= 0.6 is 23.2 Å². The topological polar surface area (TPSA) is 67.4 Å². The number of amides is 2. The highest BCUT2D eigenvalue weighted by molar-refractivity contribution is 6.45. The summed E-state index contributed by atoms with van der Waals surface area (Å²) in [5, 5.41) is 5.68. The van der Waals surface area contributed by atoms with Crippen molar-refractivity contribution < 1.29 is 14.3 Å². The summed E-state index contributed by atoms with van der Waals surface area (Å²) in [6.45, 7) is 0.476. The van der Waals surface area contributed by atoms with E-state index in [0.29, 0.717) is 23.8 Å². The van der Waals surface area contributed by atoms with Crippen LogP contribution in [0.15, 0.2) is 42.5 Å². The van der Waals surface area contributed by atoms with Crippen molar-refractivity contribution in [1.82, 2.24) is 5.32 Å². The maximum absolute atomic E-state index is 12.2. The van der Waals surface area contributed by atoms with E-state index in [0.717, 1.165) is 5.56 Å². The number of benzene rings is 2. The minimum Gasteiger partial charge on any atom is -0.493 e. The van der Waals surface area contributed by atoms with Crippen molar-refractivity contribution in [3.8, 4) is 5.75 Å². The first-order valence-electron chi connectivity index (χ1n) is 7.34. The summed E-state index contributed by atoms with van der Waals surface area (Å²) in [4.78, 5) is 24.3. The molecule has 2 aromatic rings. The monoisotopic (exact) mass is 364 g/mol. The van der Waals surface area contributed by atoms with Gasteiger partial charge < -0.3 is 15.4 Å². The SMILES string of the molecule is O=C(Nc1cccc(Cl)c1Cl)C(=O)NC1CCOc2ccccc21. The van der Waals surface area contributed by atoms with Crippen molar-refractivity contribution in [3.05, 3.63) is 58.1 Å². The van der Waals surface area contributed by atoms with E-state index in [4.69, 9.17) is 27.9 Å². The number of ether oxygens (including phenoxy) is 1. The quantitative estimate of drug-likeness (QED) is 0.800. The first kappa shape index (κ1) is 16.6. The summed E-state index contributed by atoms with van der Waals surface area (Å²) in [5.41, 5.74) is 1.14. The number of para-hydroxylation sites is 1. The Morgan fingerprint density at radius 3 is 2.67 bits per heavy atom. The second-order valence-corrected chi connectivity index (χ2v) is 6.04. The molecule has 5 nitrogen and oxygen atoms in total. The average Bonchev–Trinajstić information content (AvgIpc) is 2.59. The molecule has 24 heavy (non-hydrogen) atoms. The highest BCUT2D eigenvalue weighted by atomic mass is 35.5. The molecule has 0 spiro atoms. The van der Waals surface area contributed by atoms with Crippen LogP contribution in [0.3, 0.4) is 0 Å². The second kappa shape index (κ2) is 7.11. The Morgan fingerprint density at radius 1 is 1.04 bits per heavy atom. The van der Waals surface area contributed by atoms with Crippen molar-refractivity contribution in [3.63, 3.8) is 0 Å².